The summed E-state index contributed by atoms with van der Waals surface area (Å²) in [4.78, 5) is 12.1. The van der Waals surface area contributed by atoms with Crippen LogP contribution in [0.5, 0.6) is 5.75 Å². The fourth-order valence-electron chi connectivity index (χ4n) is 2.02. The van der Waals surface area contributed by atoms with E-state index in [1.54, 1.807) is 0 Å². The van der Waals surface area contributed by atoms with E-state index in [1.165, 1.54) is 18.2 Å². The lowest BCUT2D eigenvalue weighted by Crippen LogP contribution is -2.20. The number of rotatable bonds is 5. The van der Waals surface area contributed by atoms with E-state index in [0.717, 1.165) is 17.4 Å². The Morgan fingerprint density at radius 1 is 1.17 bits per heavy atom. The van der Waals surface area contributed by atoms with Crippen molar-refractivity contribution in [1.29, 1.82) is 0 Å². The molecule has 0 aliphatic rings. The van der Waals surface area contributed by atoms with Crippen molar-refractivity contribution in [3.05, 3.63) is 52.5 Å². The number of benzene rings is 2. The number of halogens is 1. The molecule has 0 aliphatic carbocycles. The SMILES string of the molecule is Cc1ccc(C)c(OCC(=O)Nc2cc(S(C)(=O)=O)ccc2Cl)c1. The molecule has 0 heterocycles. The zero-order chi connectivity index (χ0) is 17.9. The van der Waals surface area contributed by atoms with Gasteiger partial charge in [0.05, 0.1) is 15.6 Å². The molecule has 2 aromatic carbocycles. The predicted octanol–water partition coefficient (Wildman–Crippen LogP) is 3.38. The third-order valence-electron chi connectivity index (χ3n) is 3.34. The van der Waals surface area contributed by atoms with Crippen LogP contribution >= 0.6 is 11.6 Å². The standard InChI is InChI=1S/C17H18ClNO4S/c1-11-4-5-12(2)16(8-11)23-10-17(20)19-15-9-13(24(3,21)22)6-7-14(15)18/h4-9H,10H2,1-3H3,(H,19,20). The molecule has 2 aromatic rings. The molecule has 2 rings (SSSR count). The van der Waals surface area contributed by atoms with Gasteiger partial charge < -0.3 is 10.1 Å². The van der Waals surface area contributed by atoms with E-state index in [4.69, 9.17) is 16.3 Å². The minimum Gasteiger partial charge on any atom is -0.483 e. The molecule has 0 saturated carbocycles. The number of carbonyl (C=O) groups excluding carboxylic acids is 1. The van der Waals surface area contributed by atoms with E-state index in [1.807, 2.05) is 32.0 Å². The first-order chi connectivity index (χ1) is 11.2. The van der Waals surface area contributed by atoms with E-state index in [0.29, 0.717) is 5.75 Å². The monoisotopic (exact) mass is 367 g/mol. The Balaban J connectivity index is 2.09. The van der Waals surface area contributed by atoms with Gasteiger partial charge in [-0.1, -0.05) is 23.7 Å². The summed E-state index contributed by atoms with van der Waals surface area (Å²) in [5.74, 6) is 0.199. The van der Waals surface area contributed by atoms with Crippen LogP contribution in [-0.4, -0.2) is 27.2 Å². The Hall–Kier alpha value is -2.05. The average molecular weight is 368 g/mol. The highest BCUT2D eigenvalue weighted by Crippen LogP contribution is 2.25. The first-order valence-electron chi connectivity index (χ1n) is 7.16. The van der Waals surface area contributed by atoms with Gasteiger partial charge in [-0.05, 0) is 49.2 Å². The Labute approximate surface area is 146 Å². The second-order valence-corrected chi connectivity index (χ2v) is 7.94. The van der Waals surface area contributed by atoms with E-state index in [2.05, 4.69) is 5.32 Å². The molecule has 5 nitrogen and oxygen atoms in total. The second kappa shape index (κ2) is 7.23. The summed E-state index contributed by atoms with van der Waals surface area (Å²) >= 11 is 6.00. The number of aryl methyl sites for hydroxylation is 2. The molecule has 7 heteroatoms. The molecule has 1 N–H and O–H groups in total. The number of ether oxygens (including phenoxy) is 1. The minimum absolute atomic E-state index is 0.0812. The molecular formula is C17H18ClNO4S. The van der Waals surface area contributed by atoms with Crippen LogP contribution in [0.4, 0.5) is 5.69 Å². The molecule has 24 heavy (non-hydrogen) atoms. The molecule has 0 radical (unpaired) electrons. The van der Waals surface area contributed by atoms with Gasteiger partial charge >= 0.3 is 0 Å². The lowest BCUT2D eigenvalue weighted by molar-refractivity contribution is -0.118. The fourth-order valence-corrected chi connectivity index (χ4v) is 2.84. The van der Waals surface area contributed by atoms with Gasteiger partial charge in [0.15, 0.2) is 16.4 Å². The van der Waals surface area contributed by atoms with E-state index in [9.17, 15) is 13.2 Å². The number of sulfone groups is 1. The van der Waals surface area contributed by atoms with Gasteiger partial charge in [0.25, 0.3) is 5.91 Å². The van der Waals surface area contributed by atoms with Crippen molar-refractivity contribution in [2.75, 3.05) is 18.2 Å². The van der Waals surface area contributed by atoms with E-state index in [-0.39, 0.29) is 22.2 Å². The average Bonchev–Trinajstić information content (AvgIpc) is 2.49. The summed E-state index contributed by atoms with van der Waals surface area (Å²) in [5.41, 5.74) is 2.18. The van der Waals surface area contributed by atoms with Gasteiger partial charge in [0, 0.05) is 6.26 Å². The number of nitrogens with one attached hydrogen (secondary N) is 1. The summed E-state index contributed by atoms with van der Waals surface area (Å²) < 4.78 is 28.7. The van der Waals surface area contributed by atoms with Crippen molar-refractivity contribution in [2.24, 2.45) is 0 Å². The van der Waals surface area contributed by atoms with Gasteiger partial charge in [-0.2, -0.15) is 0 Å². The Morgan fingerprint density at radius 2 is 1.88 bits per heavy atom. The summed E-state index contributed by atoms with van der Waals surface area (Å²) in [6.45, 7) is 3.62. The second-order valence-electron chi connectivity index (χ2n) is 5.52. The maximum absolute atomic E-state index is 12.1. The molecule has 128 valence electrons. The maximum atomic E-state index is 12.1. The molecular weight excluding hydrogens is 350 g/mol. The predicted molar refractivity (Wildman–Crippen MR) is 94.6 cm³/mol. The highest BCUT2D eigenvalue weighted by atomic mass is 35.5. The van der Waals surface area contributed by atoms with Crippen molar-refractivity contribution < 1.29 is 17.9 Å². The van der Waals surface area contributed by atoms with Crippen LogP contribution in [-0.2, 0) is 14.6 Å². The van der Waals surface area contributed by atoms with Gasteiger partial charge in [-0.25, -0.2) is 8.42 Å². The van der Waals surface area contributed by atoms with Crippen LogP contribution in [0.15, 0.2) is 41.3 Å². The number of amides is 1. The van der Waals surface area contributed by atoms with Gasteiger partial charge in [0.1, 0.15) is 5.75 Å². The summed E-state index contributed by atoms with van der Waals surface area (Å²) in [6, 6.07) is 9.86. The number of hydrogen-bond donors (Lipinski definition) is 1. The summed E-state index contributed by atoms with van der Waals surface area (Å²) in [5, 5.41) is 2.82. The largest absolute Gasteiger partial charge is 0.483 e. The molecule has 0 saturated heterocycles. The van der Waals surface area contributed by atoms with E-state index >= 15 is 0 Å². The van der Waals surface area contributed by atoms with Crippen LogP contribution in [0.2, 0.25) is 5.02 Å². The zero-order valence-corrected chi connectivity index (χ0v) is 15.2. The fraction of sp³-hybridized carbons (Fsp3) is 0.235. The van der Waals surface area contributed by atoms with Crippen molar-refractivity contribution in [2.45, 2.75) is 18.7 Å². The topological polar surface area (TPSA) is 72.5 Å². The van der Waals surface area contributed by atoms with E-state index < -0.39 is 15.7 Å². The molecule has 0 atom stereocenters. The molecule has 1 amide bonds. The van der Waals surface area contributed by atoms with Crippen molar-refractivity contribution >= 4 is 33.0 Å². The number of anilines is 1. The first kappa shape index (κ1) is 18.3. The molecule has 0 spiro atoms. The molecule has 0 bridgehead atoms. The lowest BCUT2D eigenvalue weighted by Gasteiger charge is -2.11. The Morgan fingerprint density at radius 3 is 2.54 bits per heavy atom. The third-order valence-corrected chi connectivity index (χ3v) is 4.78. The van der Waals surface area contributed by atoms with Gasteiger partial charge in [0.2, 0.25) is 0 Å². The van der Waals surface area contributed by atoms with Crippen LogP contribution in [0.1, 0.15) is 11.1 Å². The molecule has 0 fully saturated rings. The third kappa shape index (κ3) is 4.72. The van der Waals surface area contributed by atoms with Crippen molar-refractivity contribution in [1.82, 2.24) is 0 Å². The Bertz CT molecular complexity index is 878. The number of hydrogen-bond acceptors (Lipinski definition) is 4. The Kier molecular flexibility index (Phi) is 5.51. The number of carbonyl (C=O) groups is 1. The maximum Gasteiger partial charge on any atom is 0.262 e. The minimum atomic E-state index is -3.38. The normalized spacial score (nSPS) is 11.2. The molecule has 0 unspecified atom stereocenters. The van der Waals surface area contributed by atoms with Crippen LogP contribution in [0.25, 0.3) is 0 Å². The quantitative estimate of drug-likeness (QED) is 0.879. The lowest BCUT2D eigenvalue weighted by atomic mass is 10.1. The van der Waals surface area contributed by atoms with Crippen molar-refractivity contribution in [3.63, 3.8) is 0 Å². The summed E-state index contributed by atoms with van der Waals surface area (Å²) in [7, 11) is -3.38. The molecule has 0 aromatic heterocycles. The van der Waals surface area contributed by atoms with Gasteiger partial charge in [-0.15, -0.1) is 0 Å². The smallest absolute Gasteiger partial charge is 0.262 e. The zero-order valence-electron chi connectivity index (χ0n) is 13.6. The summed E-state index contributed by atoms with van der Waals surface area (Å²) in [6.07, 6.45) is 1.09. The molecule has 0 aliphatic heterocycles. The highest BCUT2D eigenvalue weighted by molar-refractivity contribution is 7.90. The first-order valence-corrected chi connectivity index (χ1v) is 9.43. The van der Waals surface area contributed by atoms with Crippen LogP contribution in [0.3, 0.4) is 0 Å². The van der Waals surface area contributed by atoms with Crippen LogP contribution < -0.4 is 10.1 Å². The van der Waals surface area contributed by atoms with Gasteiger partial charge in [-0.3, -0.25) is 4.79 Å². The van der Waals surface area contributed by atoms with Crippen molar-refractivity contribution in [3.8, 4) is 5.75 Å². The van der Waals surface area contributed by atoms with Crippen LogP contribution in [0, 0.1) is 13.8 Å². The highest BCUT2D eigenvalue weighted by Gasteiger charge is 2.13.